The van der Waals surface area contributed by atoms with E-state index in [-0.39, 0.29) is 17.8 Å². The molecule has 0 radical (unpaired) electrons. The van der Waals surface area contributed by atoms with E-state index in [1.165, 1.54) is 19.0 Å². The number of pyridine rings is 1. The Balaban J connectivity index is 2.03. The molecule has 1 saturated carbocycles. The van der Waals surface area contributed by atoms with E-state index in [1.54, 1.807) is 6.07 Å². The molecule has 5 heteroatoms. The Morgan fingerprint density at radius 2 is 2.32 bits per heavy atom. The number of hydrogen-bond donors (Lipinski definition) is 2. The van der Waals surface area contributed by atoms with E-state index in [2.05, 4.69) is 24.1 Å². The fraction of sp³-hybridized carbons (Fsp3) is 0.571. The predicted octanol–water partition coefficient (Wildman–Crippen LogP) is 2.87. The van der Waals surface area contributed by atoms with Gasteiger partial charge < -0.3 is 11.1 Å². The van der Waals surface area contributed by atoms with Crippen molar-refractivity contribution in [3.8, 4) is 0 Å². The van der Waals surface area contributed by atoms with Gasteiger partial charge in [0.05, 0.1) is 10.6 Å². The van der Waals surface area contributed by atoms with Crippen LogP contribution in [-0.4, -0.2) is 16.9 Å². The monoisotopic (exact) mass is 281 g/mol. The third-order valence-electron chi connectivity index (χ3n) is 4.20. The maximum absolute atomic E-state index is 12.2. The van der Waals surface area contributed by atoms with E-state index in [1.807, 2.05) is 0 Å². The molecular formula is C14H20ClN3O. The highest BCUT2D eigenvalue weighted by Gasteiger charge is 2.32. The normalized spacial score (nSPS) is 26.4. The van der Waals surface area contributed by atoms with Gasteiger partial charge in [-0.15, -0.1) is 0 Å². The minimum absolute atomic E-state index is 0.122. The van der Waals surface area contributed by atoms with Crippen LogP contribution < -0.4 is 11.1 Å². The molecule has 0 saturated heterocycles. The van der Waals surface area contributed by atoms with Crippen molar-refractivity contribution in [3.05, 3.63) is 22.8 Å². The molecule has 3 atom stereocenters. The second-order valence-corrected chi connectivity index (χ2v) is 5.68. The molecule has 104 valence electrons. The Labute approximate surface area is 118 Å². The van der Waals surface area contributed by atoms with Crippen LogP contribution >= 0.6 is 11.6 Å². The van der Waals surface area contributed by atoms with Crippen molar-refractivity contribution in [2.45, 2.75) is 39.2 Å². The molecule has 1 heterocycles. The molecule has 1 aromatic heterocycles. The molecule has 1 fully saturated rings. The lowest BCUT2D eigenvalue weighted by Gasteiger charge is -2.21. The number of amides is 1. The molecule has 1 aliphatic carbocycles. The summed E-state index contributed by atoms with van der Waals surface area (Å²) >= 11 is 5.88. The lowest BCUT2D eigenvalue weighted by molar-refractivity contribution is 0.0926. The van der Waals surface area contributed by atoms with Gasteiger partial charge in [0.2, 0.25) is 0 Å². The maximum atomic E-state index is 12.2. The fourth-order valence-electron chi connectivity index (χ4n) is 2.85. The molecule has 19 heavy (non-hydrogen) atoms. The zero-order valence-electron chi connectivity index (χ0n) is 11.3. The number of nitrogen functional groups attached to an aromatic ring is 1. The van der Waals surface area contributed by atoms with Crippen LogP contribution in [0.15, 0.2) is 12.3 Å². The van der Waals surface area contributed by atoms with Gasteiger partial charge in [-0.3, -0.25) is 4.79 Å². The largest absolute Gasteiger partial charge is 0.382 e. The lowest BCUT2D eigenvalue weighted by Crippen LogP contribution is -2.37. The van der Waals surface area contributed by atoms with Crippen LogP contribution in [0.25, 0.3) is 0 Å². The third-order valence-corrected chi connectivity index (χ3v) is 4.50. The molecule has 4 nitrogen and oxygen atoms in total. The zero-order chi connectivity index (χ0) is 14.0. The zero-order valence-corrected chi connectivity index (χ0v) is 12.1. The van der Waals surface area contributed by atoms with E-state index >= 15 is 0 Å². The number of nitrogens with one attached hydrogen (secondary N) is 1. The van der Waals surface area contributed by atoms with Gasteiger partial charge in [-0.25, -0.2) is 4.98 Å². The highest BCUT2D eigenvalue weighted by atomic mass is 35.5. The summed E-state index contributed by atoms with van der Waals surface area (Å²) in [4.78, 5) is 16.1. The summed E-state index contributed by atoms with van der Waals surface area (Å²) < 4.78 is 0. The molecule has 0 aromatic carbocycles. The second kappa shape index (κ2) is 5.78. The van der Waals surface area contributed by atoms with Crippen LogP contribution in [0.5, 0.6) is 0 Å². The van der Waals surface area contributed by atoms with Crippen molar-refractivity contribution < 1.29 is 4.79 Å². The van der Waals surface area contributed by atoms with E-state index in [9.17, 15) is 4.79 Å². The Hall–Kier alpha value is -1.29. The minimum Gasteiger partial charge on any atom is -0.382 e. The molecule has 0 spiro atoms. The lowest BCUT2D eigenvalue weighted by atomic mass is 9.93. The SMILES string of the molecule is CCC1CCC(NC(=O)c2cnc(N)c(Cl)c2)C1C. The van der Waals surface area contributed by atoms with Gasteiger partial charge in [0.25, 0.3) is 5.91 Å². The van der Waals surface area contributed by atoms with Gasteiger partial charge in [0, 0.05) is 12.2 Å². The van der Waals surface area contributed by atoms with Gasteiger partial charge in [-0.2, -0.15) is 0 Å². The van der Waals surface area contributed by atoms with Crippen molar-refractivity contribution in [3.63, 3.8) is 0 Å². The summed E-state index contributed by atoms with van der Waals surface area (Å²) in [5.41, 5.74) is 6.00. The first-order chi connectivity index (χ1) is 9.02. The smallest absolute Gasteiger partial charge is 0.253 e. The molecule has 1 amide bonds. The van der Waals surface area contributed by atoms with Crippen molar-refractivity contribution in [1.29, 1.82) is 0 Å². The maximum Gasteiger partial charge on any atom is 0.253 e. The fourth-order valence-corrected chi connectivity index (χ4v) is 3.02. The highest BCUT2D eigenvalue weighted by molar-refractivity contribution is 6.33. The van der Waals surface area contributed by atoms with Gasteiger partial charge in [0.15, 0.2) is 0 Å². The van der Waals surface area contributed by atoms with E-state index in [0.29, 0.717) is 22.4 Å². The number of aromatic nitrogens is 1. The van der Waals surface area contributed by atoms with Crippen LogP contribution in [0.2, 0.25) is 5.02 Å². The Morgan fingerprint density at radius 3 is 2.89 bits per heavy atom. The number of carbonyl (C=O) groups excluding carboxylic acids is 1. The van der Waals surface area contributed by atoms with Crippen LogP contribution in [-0.2, 0) is 0 Å². The van der Waals surface area contributed by atoms with Crippen LogP contribution in [0.1, 0.15) is 43.5 Å². The number of halogens is 1. The summed E-state index contributed by atoms with van der Waals surface area (Å²) in [7, 11) is 0. The first kappa shape index (κ1) is 14.1. The van der Waals surface area contributed by atoms with Gasteiger partial charge in [-0.1, -0.05) is 31.9 Å². The molecule has 1 aliphatic rings. The van der Waals surface area contributed by atoms with E-state index < -0.39 is 0 Å². The van der Waals surface area contributed by atoms with Gasteiger partial charge >= 0.3 is 0 Å². The summed E-state index contributed by atoms with van der Waals surface area (Å²) in [6.45, 7) is 4.41. The van der Waals surface area contributed by atoms with Crippen LogP contribution in [0.3, 0.4) is 0 Å². The standard InChI is InChI=1S/C14H20ClN3O/c1-3-9-4-5-12(8(9)2)18-14(19)10-6-11(15)13(16)17-7-10/h6-9,12H,3-5H2,1-2H3,(H2,16,17)(H,18,19). The first-order valence-corrected chi connectivity index (χ1v) is 7.12. The second-order valence-electron chi connectivity index (χ2n) is 5.28. The van der Waals surface area contributed by atoms with Crippen molar-refractivity contribution in [1.82, 2.24) is 10.3 Å². The molecule has 3 N–H and O–H groups in total. The topological polar surface area (TPSA) is 68.0 Å². The summed E-state index contributed by atoms with van der Waals surface area (Å²) in [6, 6.07) is 1.81. The average Bonchev–Trinajstić information content (AvgIpc) is 2.73. The first-order valence-electron chi connectivity index (χ1n) is 6.74. The number of nitrogens with zero attached hydrogens (tertiary/aromatic N) is 1. The average molecular weight is 282 g/mol. The number of hydrogen-bond acceptors (Lipinski definition) is 3. The Kier molecular flexibility index (Phi) is 4.30. The van der Waals surface area contributed by atoms with Crippen molar-refractivity contribution in [2.75, 3.05) is 5.73 Å². The molecular weight excluding hydrogens is 262 g/mol. The van der Waals surface area contributed by atoms with Crippen LogP contribution in [0.4, 0.5) is 5.82 Å². The summed E-state index contributed by atoms with van der Waals surface area (Å²) in [5, 5.41) is 3.40. The summed E-state index contributed by atoms with van der Waals surface area (Å²) in [5.74, 6) is 1.35. The molecule has 1 aromatic rings. The molecule has 0 aliphatic heterocycles. The number of nitrogens with two attached hydrogens (primary N) is 1. The third kappa shape index (κ3) is 3.00. The minimum atomic E-state index is -0.122. The predicted molar refractivity (Wildman–Crippen MR) is 77.1 cm³/mol. The highest BCUT2D eigenvalue weighted by Crippen LogP contribution is 2.34. The van der Waals surface area contributed by atoms with Crippen LogP contribution in [0, 0.1) is 11.8 Å². The molecule has 3 unspecified atom stereocenters. The van der Waals surface area contributed by atoms with E-state index in [4.69, 9.17) is 17.3 Å². The molecule has 0 bridgehead atoms. The van der Waals surface area contributed by atoms with Crippen molar-refractivity contribution in [2.24, 2.45) is 11.8 Å². The van der Waals surface area contributed by atoms with Gasteiger partial charge in [-0.05, 0) is 30.7 Å². The number of carbonyl (C=O) groups is 1. The van der Waals surface area contributed by atoms with Crippen molar-refractivity contribution >= 4 is 23.3 Å². The summed E-state index contributed by atoms with van der Waals surface area (Å²) in [6.07, 6.45) is 4.86. The quantitative estimate of drug-likeness (QED) is 0.895. The van der Waals surface area contributed by atoms with E-state index in [0.717, 1.165) is 6.42 Å². The number of rotatable bonds is 3. The van der Waals surface area contributed by atoms with Gasteiger partial charge in [0.1, 0.15) is 5.82 Å². The Bertz CT molecular complexity index is 478. The number of anilines is 1. The molecule has 2 rings (SSSR count). The Morgan fingerprint density at radius 1 is 1.58 bits per heavy atom.